The van der Waals surface area contributed by atoms with E-state index >= 15 is 0 Å². The van der Waals surface area contributed by atoms with Crippen molar-refractivity contribution in [3.8, 4) is 0 Å². The van der Waals surface area contributed by atoms with Crippen LogP contribution in [0.3, 0.4) is 0 Å². The molecule has 0 aliphatic rings. The first kappa shape index (κ1) is 10.7. The van der Waals surface area contributed by atoms with Crippen LogP contribution in [0, 0.1) is 0 Å². The second-order valence-corrected chi connectivity index (χ2v) is 13.0. The molecule has 0 heterocycles. The summed E-state index contributed by atoms with van der Waals surface area (Å²) < 4.78 is 0. The van der Waals surface area contributed by atoms with E-state index in [0.29, 0.717) is 0 Å². The van der Waals surface area contributed by atoms with Gasteiger partial charge in [-0.15, -0.1) is 0 Å². The predicted octanol–water partition coefficient (Wildman–Crippen LogP) is 1.93. The molecule has 0 unspecified atom stereocenters. The smallest absolute Gasteiger partial charge is 0.0682 e. The van der Waals surface area contributed by atoms with Crippen LogP contribution in [0.2, 0.25) is 32.7 Å². The van der Waals surface area contributed by atoms with Gasteiger partial charge in [-0.1, -0.05) is 67.4 Å². The monoisotopic (exact) mass is 208 g/mol. The van der Waals surface area contributed by atoms with Gasteiger partial charge in [0, 0.05) is 0 Å². The molecule has 0 spiro atoms. The predicted molar refractivity (Wildman–Crippen MR) is 67.9 cm³/mol. The van der Waals surface area contributed by atoms with E-state index in [0.717, 1.165) is 0 Å². The van der Waals surface area contributed by atoms with Crippen molar-refractivity contribution in [2.75, 3.05) is 0 Å². The Labute approximate surface area is 84.6 Å². The zero-order valence-electron chi connectivity index (χ0n) is 9.39. The van der Waals surface area contributed by atoms with Crippen molar-refractivity contribution in [2.45, 2.75) is 32.7 Å². The molecule has 0 aromatic heterocycles. The summed E-state index contributed by atoms with van der Waals surface area (Å²) in [6, 6.07) is 9.05. The van der Waals surface area contributed by atoms with Gasteiger partial charge in [0.15, 0.2) is 0 Å². The Morgan fingerprint density at radius 1 is 1.00 bits per heavy atom. The maximum absolute atomic E-state index is 2.43. The van der Waals surface area contributed by atoms with Crippen molar-refractivity contribution < 1.29 is 0 Å². The Morgan fingerprint density at radius 2 is 1.54 bits per heavy atom. The molecule has 0 radical (unpaired) electrons. The van der Waals surface area contributed by atoms with Gasteiger partial charge in [0.2, 0.25) is 0 Å². The van der Waals surface area contributed by atoms with Gasteiger partial charge in [-0.05, 0) is 0 Å². The summed E-state index contributed by atoms with van der Waals surface area (Å²) in [5.74, 6) is 0. The fourth-order valence-electron chi connectivity index (χ4n) is 1.68. The largest absolute Gasteiger partial charge is 0.0774 e. The number of hydrogen-bond donors (Lipinski definition) is 0. The molecule has 0 aliphatic carbocycles. The Morgan fingerprint density at radius 3 is 1.92 bits per heavy atom. The lowest BCUT2D eigenvalue weighted by Crippen LogP contribution is -2.51. The van der Waals surface area contributed by atoms with Crippen molar-refractivity contribution >= 4 is 27.2 Å². The summed E-state index contributed by atoms with van der Waals surface area (Å²) >= 11 is 0. The van der Waals surface area contributed by atoms with Crippen LogP contribution in [0.5, 0.6) is 0 Å². The fraction of sp³-hybridized carbons (Fsp3) is 0.455. The summed E-state index contributed by atoms with van der Waals surface area (Å²) in [6.45, 7) is 12.1. The molecular formula is C11H20Si2. The summed E-state index contributed by atoms with van der Waals surface area (Å²) in [4.78, 5) is 0. The molecule has 0 N–H and O–H groups in total. The highest BCUT2D eigenvalue weighted by molar-refractivity contribution is 6.93. The first-order chi connectivity index (χ1) is 5.93. The second-order valence-electron chi connectivity index (χ2n) is 4.99. The number of rotatable bonds is 2. The van der Waals surface area contributed by atoms with Crippen LogP contribution in [0.1, 0.15) is 0 Å². The zero-order chi connectivity index (χ0) is 10.1. The quantitative estimate of drug-likeness (QED) is 0.652. The van der Waals surface area contributed by atoms with Crippen LogP contribution in [0.25, 0.3) is 0 Å². The lowest BCUT2D eigenvalue weighted by atomic mass is 10.4. The van der Waals surface area contributed by atoms with E-state index in [-0.39, 0.29) is 0 Å². The molecule has 1 aromatic rings. The summed E-state index contributed by atoms with van der Waals surface area (Å²) in [5.41, 5.74) is 0. The van der Waals surface area contributed by atoms with E-state index in [1.165, 1.54) is 0 Å². The van der Waals surface area contributed by atoms with Crippen molar-refractivity contribution in [3.05, 3.63) is 24.3 Å². The van der Waals surface area contributed by atoms with E-state index in [4.69, 9.17) is 0 Å². The highest BCUT2D eigenvalue weighted by atomic mass is 28.3. The number of hydrogen-bond acceptors (Lipinski definition) is 0. The maximum atomic E-state index is 2.43. The molecule has 0 bridgehead atoms. The molecule has 0 saturated heterocycles. The third kappa shape index (κ3) is 2.55. The molecule has 0 fully saturated rings. The minimum Gasteiger partial charge on any atom is -0.0682 e. The standard InChI is InChI=1S/C11H20Si2/c1-12(2)10-8-6-7-9-11(10)13(3,4)5/h6-9,12H,1-5H3. The molecule has 72 valence electrons. The third-order valence-electron chi connectivity index (χ3n) is 2.39. The number of benzene rings is 1. The van der Waals surface area contributed by atoms with Crippen molar-refractivity contribution in [1.29, 1.82) is 0 Å². The Hall–Kier alpha value is -0.346. The lowest BCUT2D eigenvalue weighted by molar-refractivity contribution is 1.70. The Bertz CT molecular complexity index is 284. The summed E-state index contributed by atoms with van der Waals surface area (Å²) in [7, 11) is -1.74. The molecular weight excluding hydrogens is 188 g/mol. The van der Waals surface area contributed by atoms with Gasteiger partial charge in [0.25, 0.3) is 0 Å². The topological polar surface area (TPSA) is 0 Å². The zero-order valence-corrected chi connectivity index (χ0v) is 11.5. The van der Waals surface area contributed by atoms with Crippen LogP contribution >= 0.6 is 0 Å². The Kier molecular flexibility index (Phi) is 3.14. The average Bonchev–Trinajstić information content (AvgIpc) is 2.03. The van der Waals surface area contributed by atoms with E-state index in [2.05, 4.69) is 57.0 Å². The minimum absolute atomic E-state index is 0.633. The van der Waals surface area contributed by atoms with E-state index in [9.17, 15) is 0 Å². The summed E-state index contributed by atoms with van der Waals surface area (Å²) in [6.07, 6.45) is 0. The molecule has 0 amide bonds. The SMILES string of the molecule is C[SiH](C)c1ccccc1[Si](C)(C)C. The van der Waals surface area contributed by atoms with Gasteiger partial charge in [-0.3, -0.25) is 0 Å². The molecule has 0 aliphatic heterocycles. The van der Waals surface area contributed by atoms with Crippen molar-refractivity contribution in [2.24, 2.45) is 0 Å². The molecule has 1 rings (SSSR count). The first-order valence-electron chi connectivity index (χ1n) is 5.02. The van der Waals surface area contributed by atoms with Crippen LogP contribution < -0.4 is 10.4 Å². The molecule has 2 heteroatoms. The average molecular weight is 208 g/mol. The van der Waals surface area contributed by atoms with Crippen LogP contribution in [-0.4, -0.2) is 16.9 Å². The van der Waals surface area contributed by atoms with Gasteiger partial charge in [-0.25, -0.2) is 0 Å². The lowest BCUT2D eigenvalue weighted by Gasteiger charge is -2.22. The van der Waals surface area contributed by atoms with Gasteiger partial charge in [0.05, 0.1) is 16.9 Å². The molecule has 0 atom stereocenters. The maximum Gasteiger partial charge on any atom is 0.0774 e. The van der Waals surface area contributed by atoms with Gasteiger partial charge < -0.3 is 0 Å². The van der Waals surface area contributed by atoms with Gasteiger partial charge >= 0.3 is 0 Å². The van der Waals surface area contributed by atoms with E-state index < -0.39 is 16.9 Å². The molecule has 0 nitrogen and oxygen atoms in total. The van der Waals surface area contributed by atoms with Crippen molar-refractivity contribution in [3.63, 3.8) is 0 Å². The molecule has 13 heavy (non-hydrogen) atoms. The van der Waals surface area contributed by atoms with Crippen LogP contribution in [0.4, 0.5) is 0 Å². The summed E-state index contributed by atoms with van der Waals surface area (Å²) in [5, 5.41) is 3.36. The first-order valence-corrected chi connectivity index (χ1v) is 11.4. The fourth-order valence-corrected chi connectivity index (χ4v) is 6.61. The van der Waals surface area contributed by atoms with Crippen LogP contribution in [0.15, 0.2) is 24.3 Å². The van der Waals surface area contributed by atoms with Crippen molar-refractivity contribution in [1.82, 2.24) is 0 Å². The normalized spacial score (nSPS) is 12.2. The van der Waals surface area contributed by atoms with E-state index in [1.807, 2.05) is 0 Å². The van der Waals surface area contributed by atoms with Crippen LogP contribution in [-0.2, 0) is 0 Å². The third-order valence-corrected chi connectivity index (χ3v) is 6.50. The highest BCUT2D eigenvalue weighted by Gasteiger charge is 2.20. The Balaban J connectivity index is 3.20. The minimum atomic E-state index is -1.11. The second kappa shape index (κ2) is 3.80. The van der Waals surface area contributed by atoms with E-state index in [1.54, 1.807) is 10.4 Å². The van der Waals surface area contributed by atoms with Gasteiger partial charge in [0.1, 0.15) is 0 Å². The molecule has 1 aromatic carbocycles. The highest BCUT2D eigenvalue weighted by Crippen LogP contribution is 2.01. The van der Waals surface area contributed by atoms with Gasteiger partial charge in [-0.2, -0.15) is 0 Å². The molecule has 0 saturated carbocycles.